The summed E-state index contributed by atoms with van der Waals surface area (Å²) in [6.45, 7) is 0. The van der Waals surface area contributed by atoms with E-state index in [4.69, 9.17) is 0 Å². The fraction of sp³-hybridized carbons (Fsp3) is 0. The van der Waals surface area contributed by atoms with Crippen LogP contribution in [0.15, 0.2) is 42.7 Å². The van der Waals surface area contributed by atoms with E-state index in [2.05, 4.69) is 15.2 Å². The second-order valence-corrected chi connectivity index (χ2v) is 3.11. The maximum atomic E-state index is 4.36. The first-order chi connectivity index (χ1) is 6.95. The number of fused-ring (bicyclic) bond motifs is 3. The van der Waals surface area contributed by atoms with Crippen molar-refractivity contribution in [2.45, 2.75) is 0 Å². The van der Waals surface area contributed by atoms with Crippen molar-refractivity contribution in [1.29, 1.82) is 0 Å². The predicted octanol–water partition coefficient (Wildman–Crippen LogP) is 2.18. The van der Waals surface area contributed by atoms with E-state index in [0.717, 1.165) is 21.8 Å². The van der Waals surface area contributed by atoms with Crippen LogP contribution in [0.1, 0.15) is 0 Å². The molecule has 14 heavy (non-hydrogen) atoms. The van der Waals surface area contributed by atoms with Gasteiger partial charge in [-0.25, -0.2) is 0 Å². The van der Waals surface area contributed by atoms with E-state index in [-0.39, 0.29) is 0 Å². The number of rotatable bonds is 0. The van der Waals surface area contributed by atoms with Crippen LogP contribution in [0.3, 0.4) is 0 Å². The minimum atomic E-state index is 0.899. The molecule has 0 N–H and O–H groups in total. The molecule has 0 saturated heterocycles. The van der Waals surface area contributed by atoms with Gasteiger partial charge in [0.05, 0.1) is 17.2 Å². The van der Waals surface area contributed by atoms with Gasteiger partial charge in [-0.3, -0.25) is 4.98 Å². The zero-order valence-corrected chi connectivity index (χ0v) is 7.38. The SMILES string of the molecule is c1ccc2ccc3nncc3c2nc1. The quantitative estimate of drug-likeness (QED) is 0.533. The normalized spacial score (nSPS) is 10.9. The van der Waals surface area contributed by atoms with Gasteiger partial charge in [-0.05, 0) is 12.1 Å². The first-order valence-corrected chi connectivity index (χ1v) is 4.40. The molecule has 0 bridgehead atoms. The molecule has 3 heteroatoms. The van der Waals surface area contributed by atoms with Crippen LogP contribution in [-0.4, -0.2) is 15.2 Å². The number of nitrogens with zero attached hydrogens (tertiary/aromatic N) is 3. The van der Waals surface area contributed by atoms with Crippen molar-refractivity contribution < 1.29 is 0 Å². The Morgan fingerprint density at radius 1 is 1.00 bits per heavy atom. The van der Waals surface area contributed by atoms with Gasteiger partial charge < -0.3 is 0 Å². The Bertz CT molecular complexity index is 604. The highest BCUT2D eigenvalue weighted by atomic mass is 15.1. The molecule has 0 saturated carbocycles. The van der Waals surface area contributed by atoms with Crippen LogP contribution in [0.5, 0.6) is 0 Å². The zero-order valence-electron chi connectivity index (χ0n) is 7.38. The van der Waals surface area contributed by atoms with Crippen LogP contribution in [0.25, 0.3) is 21.8 Å². The van der Waals surface area contributed by atoms with Gasteiger partial charge in [0.1, 0.15) is 0 Å². The van der Waals surface area contributed by atoms with Gasteiger partial charge in [-0.15, -0.1) is 0 Å². The third-order valence-corrected chi connectivity index (χ3v) is 2.25. The molecular formula is C11H7N3. The molecule has 3 rings (SSSR count). The molecule has 0 aliphatic rings. The Labute approximate surface area is 80.4 Å². The lowest BCUT2D eigenvalue weighted by Gasteiger charge is -1.91. The molecule has 0 radical (unpaired) electrons. The Hall–Kier alpha value is -2.03. The summed E-state index contributed by atoms with van der Waals surface area (Å²) in [5.74, 6) is 0. The minimum absolute atomic E-state index is 0.899. The highest BCUT2D eigenvalue weighted by Crippen LogP contribution is 2.20. The average Bonchev–Trinajstić information content (AvgIpc) is 2.55. The van der Waals surface area contributed by atoms with Crippen LogP contribution < -0.4 is 0 Å². The number of benzene rings is 1. The van der Waals surface area contributed by atoms with Crippen LogP contribution in [0.2, 0.25) is 0 Å². The van der Waals surface area contributed by atoms with E-state index in [1.807, 2.05) is 30.3 Å². The summed E-state index contributed by atoms with van der Waals surface area (Å²) in [5.41, 5.74) is 1.86. The van der Waals surface area contributed by atoms with Gasteiger partial charge in [0.2, 0.25) is 0 Å². The Morgan fingerprint density at radius 3 is 3.00 bits per heavy atom. The van der Waals surface area contributed by atoms with Crippen molar-refractivity contribution in [1.82, 2.24) is 15.2 Å². The molecular weight excluding hydrogens is 174 g/mol. The van der Waals surface area contributed by atoms with Crippen LogP contribution in [-0.2, 0) is 0 Å². The highest BCUT2D eigenvalue weighted by molar-refractivity contribution is 6.02. The molecule has 2 heterocycles. The molecule has 1 aromatic carbocycles. The molecule has 0 amide bonds. The van der Waals surface area contributed by atoms with Crippen LogP contribution in [0.4, 0.5) is 0 Å². The van der Waals surface area contributed by atoms with E-state index in [1.54, 1.807) is 12.4 Å². The third kappa shape index (κ3) is 0.956. The second-order valence-electron chi connectivity index (χ2n) is 3.11. The topological polar surface area (TPSA) is 38.7 Å². The average molecular weight is 181 g/mol. The van der Waals surface area contributed by atoms with E-state index in [0.29, 0.717) is 0 Å². The number of aromatic nitrogens is 3. The fourth-order valence-electron chi connectivity index (χ4n) is 1.58. The predicted molar refractivity (Wildman–Crippen MR) is 54.8 cm³/mol. The summed E-state index contributed by atoms with van der Waals surface area (Å²) in [6, 6.07) is 9.90. The summed E-state index contributed by atoms with van der Waals surface area (Å²) in [4.78, 5) is 4.36. The van der Waals surface area contributed by atoms with Crippen molar-refractivity contribution in [3.8, 4) is 0 Å². The summed E-state index contributed by atoms with van der Waals surface area (Å²) in [7, 11) is 0. The summed E-state index contributed by atoms with van der Waals surface area (Å²) >= 11 is 0. The van der Waals surface area contributed by atoms with Crippen molar-refractivity contribution in [3.63, 3.8) is 0 Å². The largest absolute Gasteiger partial charge is 0.255 e. The zero-order chi connectivity index (χ0) is 9.38. The Balaban J connectivity index is 2.64. The molecule has 0 atom stereocenters. The lowest BCUT2D eigenvalue weighted by molar-refractivity contribution is 1.12. The van der Waals surface area contributed by atoms with Gasteiger partial charge >= 0.3 is 0 Å². The summed E-state index contributed by atoms with van der Waals surface area (Å²) in [6.07, 6.45) is 3.54. The molecule has 3 aromatic rings. The van der Waals surface area contributed by atoms with Crippen molar-refractivity contribution in [2.75, 3.05) is 0 Å². The minimum Gasteiger partial charge on any atom is -0.255 e. The third-order valence-electron chi connectivity index (χ3n) is 2.25. The smallest absolute Gasteiger partial charge is 0.0967 e. The fourth-order valence-corrected chi connectivity index (χ4v) is 1.58. The lowest BCUT2D eigenvalue weighted by Crippen LogP contribution is -1.73. The van der Waals surface area contributed by atoms with Gasteiger partial charge in [0, 0.05) is 17.0 Å². The molecule has 3 nitrogen and oxygen atoms in total. The molecule has 0 aliphatic heterocycles. The lowest BCUT2D eigenvalue weighted by atomic mass is 10.2. The standard InChI is InChI=1S/C11H7N3/c1-2-6-12-11-8(3-1)4-5-10-9(11)7-13-14-10/h1-7H. The first kappa shape index (κ1) is 7.38. The van der Waals surface area contributed by atoms with Crippen molar-refractivity contribution in [3.05, 3.63) is 42.7 Å². The first-order valence-electron chi connectivity index (χ1n) is 4.40. The van der Waals surface area contributed by atoms with E-state index < -0.39 is 0 Å². The van der Waals surface area contributed by atoms with Gasteiger partial charge in [-0.1, -0.05) is 18.2 Å². The summed E-state index contributed by atoms with van der Waals surface area (Å²) in [5, 5.41) is 10.0. The molecule has 2 aromatic heterocycles. The highest BCUT2D eigenvalue weighted by Gasteiger charge is 2.01. The van der Waals surface area contributed by atoms with Crippen molar-refractivity contribution in [2.24, 2.45) is 0 Å². The molecule has 0 spiro atoms. The summed E-state index contributed by atoms with van der Waals surface area (Å²) < 4.78 is 0. The number of hydrogen-bond donors (Lipinski definition) is 0. The number of hydrogen-bond acceptors (Lipinski definition) is 3. The Kier molecular flexibility index (Phi) is 1.44. The van der Waals surface area contributed by atoms with E-state index >= 15 is 0 Å². The second kappa shape index (κ2) is 2.73. The van der Waals surface area contributed by atoms with Crippen molar-refractivity contribution >= 4 is 21.8 Å². The van der Waals surface area contributed by atoms with Gasteiger partial charge in [-0.2, -0.15) is 10.2 Å². The van der Waals surface area contributed by atoms with Crippen LogP contribution in [0, 0.1) is 0 Å². The molecule has 0 unspecified atom stereocenters. The van der Waals surface area contributed by atoms with Crippen LogP contribution >= 0.6 is 0 Å². The maximum absolute atomic E-state index is 4.36. The molecule has 66 valence electrons. The van der Waals surface area contributed by atoms with Gasteiger partial charge in [0.25, 0.3) is 0 Å². The molecule has 0 aliphatic carbocycles. The molecule has 0 fully saturated rings. The van der Waals surface area contributed by atoms with E-state index in [9.17, 15) is 0 Å². The maximum Gasteiger partial charge on any atom is 0.0967 e. The van der Waals surface area contributed by atoms with E-state index in [1.165, 1.54) is 0 Å². The van der Waals surface area contributed by atoms with Gasteiger partial charge in [0.15, 0.2) is 0 Å². The monoisotopic (exact) mass is 181 g/mol. The Morgan fingerprint density at radius 2 is 2.00 bits per heavy atom.